The molecule has 3 nitrogen and oxygen atoms in total. The van der Waals surface area contributed by atoms with Gasteiger partial charge in [0.05, 0.1) is 12.3 Å². The highest BCUT2D eigenvalue weighted by Gasteiger charge is 2.07. The van der Waals surface area contributed by atoms with Gasteiger partial charge in [-0.2, -0.15) is 0 Å². The van der Waals surface area contributed by atoms with Crippen molar-refractivity contribution in [2.75, 3.05) is 12.3 Å². The maximum atomic E-state index is 5.87. The van der Waals surface area contributed by atoms with Gasteiger partial charge in [0.15, 0.2) is 17.2 Å². The fourth-order valence-electron chi connectivity index (χ4n) is 1.52. The molecule has 4 heteroatoms. The Hall–Kier alpha value is -1.68. The van der Waals surface area contributed by atoms with Crippen LogP contribution in [0.5, 0.6) is 17.2 Å². The molecule has 0 bridgehead atoms. The molecule has 0 radical (unpaired) electrons. The van der Waals surface area contributed by atoms with Gasteiger partial charge in [-0.25, -0.2) is 0 Å². The van der Waals surface area contributed by atoms with E-state index in [0.29, 0.717) is 29.5 Å². The van der Waals surface area contributed by atoms with Crippen molar-refractivity contribution in [1.82, 2.24) is 0 Å². The summed E-state index contributed by atoms with van der Waals surface area (Å²) < 4.78 is 12.2. The largest absolute Gasteiger partial charge is 0.490 e. The summed E-state index contributed by atoms with van der Waals surface area (Å²) in [7, 11) is 0. The third kappa shape index (κ3) is 2.96. The van der Waals surface area contributed by atoms with E-state index in [4.69, 9.17) is 15.2 Å². The summed E-state index contributed by atoms with van der Waals surface area (Å²) in [6, 6.07) is 13.0. The van der Waals surface area contributed by atoms with E-state index in [9.17, 15) is 0 Å². The van der Waals surface area contributed by atoms with Gasteiger partial charge in [0, 0.05) is 4.47 Å². The minimum atomic E-state index is 0.588. The molecule has 0 aromatic heterocycles. The number of hydrogen-bond acceptors (Lipinski definition) is 3. The fraction of sp³-hybridized carbons (Fsp3) is 0.143. The molecule has 2 rings (SSSR count). The summed E-state index contributed by atoms with van der Waals surface area (Å²) in [5.41, 5.74) is 6.46. The first-order valence-corrected chi connectivity index (χ1v) is 6.44. The molecule has 0 spiro atoms. The van der Waals surface area contributed by atoms with Gasteiger partial charge in [-0.1, -0.05) is 28.1 Å². The van der Waals surface area contributed by atoms with Crippen LogP contribution in [0.2, 0.25) is 0 Å². The molecule has 2 aromatic rings. The van der Waals surface area contributed by atoms with Crippen LogP contribution in [-0.4, -0.2) is 6.61 Å². The first-order valence-electron chi connectivity index (χ1n) is 5.65. The second-order valence-electron chi connectivity index (χ2n) is 3.66. The Labute approximate surface area is 115 Å². The van der Waals surface area contributed by atoms with Crippen molar-refractivity contribution in [2.24, 2.45) is 0 Å². The summed E-state index contributed by atoms with van der Waals surface area (Å²) in [5.74, 6) is 1.97. The second-order valence-corrected chi connectivity index (χ2v) is 4.58. The lowest BCUT2D eigenvalue weighted by atomic mass is 10.3. The van der Waals surface area contributed by atoms with Gasteiger partial charge in [0.25, 0.3) is 0 Å². The van der Waals surface area contributed by atoms with Crippen molar-refractivity contribution >= 4 is 21.6 Å². The molecule has 94 valence electrons. The second kappa shape index (κ2) is 5.78. The summed E-state index contributed by atoms with van der Waals surface area (Å²) in [5, 5.41) is 0. The van der Waals surface area contributed by atoms with Gasteiger partial charge in [-0.15, -0.1) is 0 Å². The molecule has 0 saturated carbocycles. The fourth-order valence-corrected chi connectivity index (χ4v) is 1.86. The van der Waals surface area contributed by atoms with Gasteiger partial charge < -0.3 is 15.2 Å². The van der Waals surface area contributed by atoms with E-state index in [-0.39, 0.29) is 0 Å². The Morgan fingerprint density at radius 2 is 1.78 bits per heavy atom. The average molecular weight is 308 g/mol. The van der Waals surface area contributed by atoms with Crippen LogP contribution >= 0.6 is 15.9 Å². The molecule has 0 saturated heterocycles. The highest BCUT2D eigenvalue weighted by Crippen LogP contribution is 2.35. The average Bonchev–Trinajstić information content (AvgIpc) is 2.36. The zero-order valence-corrected chi connectivity index (χ0v) is 11.6. The summed E-state index contributed by atoms with van der Waals surface area (Å²) in [4.78, 5) is 0. The number of nitrogens with two attached hydrogens (primary N) is 1. The normalized spacial score (nSPS) is 10.1. The molecule has 0 amide bonds. The number of nitrogen functional groups attached to an aromatic ring is 1. The van der Waals surface area contributed by atoms with Crippen LogP contribution in [0.15, 0.2) is 46.9 Å². The van der Waals surface area contributed by atoms with Gasteiger partial charge in [0.1, 0.15) is 0 Å². The van der Waals surface area contributed by atoms with Crippen LogP contribution in [0.3, 0.4) is 0 Å². The molecular formula is C14H14BrNO2. The van der Waals surface area contributed by atoms with Gasteiger partial charge in [-0.05, 0) is 37.3 Å². The van der Waals surface area contributed by atoms with E-state index < -0.39 is 0 Å². The zero-order chi connectivity index (χ0) is 13.0. The third-order valence-electron chi connectivity index (χ3n) is 2.34. The zero-order valence-electron chi connectivity index (χ0n) is 10.0. The number of hydrogen-bond donors (Lipinski definition) is 1. The van der Waals surface area contributed by atoms with Crippen molar-refractivity contribution in [1.29, 1.82) is 0 Å². The standard InChI is InChI=1S/C14H14BrNO2/c1-2-17-12-5-3-4-6-13(12)18-14-9-10(15)7-8-11(14)16/h3-9H,2,16H2,1H3. The molecule has 0 aliphatic carbocycles. The maximum absolute atomic E-state index is 5.87. The topological polar surface area (TPSA) is 44.5 Å². The molecular weight excluding hydrogens is 294 g/mol. The molecule has 0 heterocycles. The lowest BCUT2D eigenvalue weighted by Crippen LogP contribution is -1.96. The summed E-state index contributed by atoms with van der Waals surface area (Å²) in [6.07, 6.45) is 0. The molecule has 0 unspecified atom stereocenters. The van der Waals surface area contributed by atoms with E-state index in [1.54, 1.807) is 6.07 Å². The summed E-state index contributed by atoms with van der Waals surface area (Å²) >= 11 is 3.39. The Morgan fingerprint density at radius 1 is 1.06 bits per heavy atom. The van der Waals surface area contributed by atoms with E-state index in [1.165, 1.54) is 0 Å². The molecule has 2 N–H and O–H groups in total. The quantitative estimate of drug-likeness (QED) is 0.860. The third-order valence-corrected chi connectivity index (χ3v) is 2.84. The van der Waals surface area contributed by atoms with Crippen molar-refractivity contribution in [3.05, 3.63) is 46.9 Å². The predicted octanol–water partition coefficient (Wildman–Crippen LogP) is 4.22. The highest BCUT2D eigenvalue weighted by molar-refractivity contribution is 9.10. The monoisotopic (exact) mass is 307 g/mol. The Morgan fingerprint density at radius 3 is 2.50 bits per heavy atom. The molecule has 2 aromatic carbocycles. The first kappa shape index (κ1) is 12.8. The SMILES string of the molecule is CCOc1ccccc1Oc1cc(Br)ccc1N. The van der Waals surface area contributed by atoms with Gasteiger partial charge in [-0.3, -0.25) is 0 Å². The van der Waals surface area contributed by atoms with E-state index in [1.807, 2.05) is 43.3 Å². The van der Waals surface area contributed by atoms with Crippen LogP contribution < -0.4 is 15.2 Å². The van der Waals surface area contributed by atoms with E-state index in [2.05, 4.69) is 15.9 Å². The number of halogens is 1. The number of benzene rings is 2. The maximum Gasteiger partial charge on any atom is 0.169 e. The van der Waals surface area contributed by atoms with Crippen molar-refractivity contribution in [2.45, 2.75) is 6.92 Å². The molecule has 0 atom stereocenters. The highest BCUT2D eigenvalue weighted by atomic mass is 79.9. The first-order chi connectivity index (χ1) is 8.70. The van der Waals surface area contributed by atoms with Crippen LogP contribution in [0.1, 0.15) is 6.92 Å². The number of ether oxygens (including phenoxy) is 2. The molecule has 18 heavy (non-hydrogen) atoms. The molecule has 0 fully saturated rings. The Bertz CT molecular complexity index is 543. The smallest absolute Gasteiger partial charge is 0.169 e. The van der Waals surface area contributed by atoms with Crippen molar-refractivity contribution in [3.8, 4) is 17.2 Å². The minimum Gasteiger partial charge on any atom is -0.490 e. The van der Waals surface area contributed by atoms with Gasteiger partial charge >= 0.3 is 0 Å². The summed E-state index contributed by atoms with van der Waals surface area (Å²) in [6.45, 7) is 2.53. The van der Waals surface area contributed by atoms with Crippen molar-refractivity contribution < 1.29 is 9.47 Å². The number of rotatable bonds is 4. The Kier molecular flexibility index (Phi) is 4.10. The van der Waals surface area contributed by atoms with Crippen LogP contribution in [0.25, 0.3) is 0 Å². The lowest BCUT2D eigenvalue weighted by molar-refractivity contribution is 0.321. The minimum absolute atomic E-state index is 0.588. The predicted molar refractivity (Wildman–Crippen MR) is 76.2 cm³/mol. The van der Waals surface area contributed by atoms with Crippen LogP contribution in [-0.2, 0) is 0 Å². The lowest BCUT2D eigenvalue weighted by Gasteiger charge is -2.12. The van der Waals surface area contributed by atoms with Gasteiger partial charge in [0.2, 0.25) is 0 Å². The number of anilines is 1. The molecule has 0 aliphatic rings. The van der Waals surface area contributed by atoms with Crippen molar-refractivity contribution in [3.63, 3.8) is 0 Å². The van der Waals surface area contributed by atoms with E-state index in [0.717, 1.165) is 4.47 Å². The van der Waals surface area contributed by atoms with Crippen LogP contribution in [0.4, 0.5) is 5.69 Å². The molecule has 0 aliphatic heterocycles. The van der Waals surface area contributed by atoms with Crippen LogP contribution in [0, 0.1) is 0 Å². The Balaban J connectivity index is 2.30. The number of para-hydroxylation sites is 2. The van der Waals surface area contributed by atoms with E-state index >= 15 is 0 Å².